The first kappa shape index (κ1) is 19.9. The van der Waals surface area contributed by atoms with Crippen molar-refractivity contribution in [2.45, 2.75) is 90.4 Å². The van der Waals surface area contributed by atoms with Gasteiger partial charge in [-0.05, 0) is 32.1 Å². The zero-order valence-corrected chi connectivity index (χ0v) is 13.9. The van der Waals surface area contributed by atoms with Crippen LogP contribution < -0.4 is 0 Å². The topological polar surface area (TPSA) is 37.3 Å². The minimum atomic E-state index is -0.700. The maximum Gasteiger partial charge on any atom is 0.303 e. The molecular weight excluding hydrogens is 260 g/mol. The lowest BCUT2D eigenvalue weighted by molar-refractivity contribution is -0.137. The summed E-state index contributed by atoms with van der Waals surface area (Å²) < 4.78 is 0. The van der Waals surface area contributed by atoms with Gasteiger partial charge in [-0.1, -0.05) is 76.2 Å². The molecule has 2 nitrogen and oxygen atoms in total. The van der Waals surface area contributed by atoms with E-state index in [-0.39, 0.29) is 6.42 Å². The van der Waals surface area contributed by atoms with Gasteiger partial charge in [0.2, 0.25) is 0 Å². The molecule has 2 heteroatoms. The number of hydrogen-bond acceptors (Lipinski definition) is 1. The second-order valence-corrected chi connectivity index (χ2v) is 5.73. The number of unbranched alkanes of at least 4 members (excludes halogenated alkanes) is 9. The molecule has 0 rings (SSSR count). The Morgan fingerprint density at radius 3 is 1.86 bits per heavy atom. The van der Waals surface area contributed by atoms with E-state index in [9.17, 15) is 4.79 Å². The summed E-state index contributed by atoms with van der Waals surface area (Å²) in [4.78, 5) is 10.3. The molecule has 0 fully saturated rings. The third-order valence-corrected chi connectivity index (χ3v) is 3.59. The summed E-state index contributed by atoms with van der Waals surface area (Å²) in [6.07, 6.45) is 23.8. The van der Waals surface area contributed by atoms with Crippen molar-refractivity contribution in [1.29, 1.82) is 0 Å². The Balaban J connectivity index is 3.18. The standard InChI is InChI=1S/C19H34O2/c1-2-3-4-5-6-7-8-9-10-11-12-13-14-15-16-17-18-19(20)21/h11-12,14-15H,2-10,13,16-18H2,1H3,(H,20,21)/b12-11-,15-14-. The third-order valence-electron chi connectivity index (χ3n) is 3.59. The van der Waals surface area contributed by atoms with Crippen LogP contribution in [0.4, 0.5) is 0 Å². The van der Waals surface area contributed by atoms with E-state index < -0.39 is 5.97 Å². The molecule has 0 aromatic rings. The van der Waals surface area contributed by atoms with Gasteiger partial charge in [0.25, 0.3) is 0 Å². The molecule has 0 saturated carbocycles. The van der Waals surface area contributed by atoms with E-state index in [1.165, 1.54) is 57.8 Å². The minimum Gasteiger partial charge on any atom is -0.481 e. The first-order chi connectivity index (χ1) is 10.3. The van der Waals surface area contributed by atoms with Crippen LogP contribution in [-0.2, 0) is 4.79 Å². The molecule has 0 aliphatic carbocycles. The number of hydrogen-bond donors (Lipinski definition) is 1. The monoisotopic (exact) mass is 294 g/mol. The van der Waals surface area contributed by atoms with E-state index in [0.29, 0.717) is 0 Å². The molecule has 0 aromatic heterocycles. The first-order valence-corrected chi connectivity index (χ1v) is 8.79. The summed E-state index contributed by atoms with van der Waals surface area (Å²) in [6, 6.07) is 0. The average Bonchev–Trinajstić information content (AvgIpc) is 2.46. The van der Waals surface area contributed by atoms with Crippen LogP contribution in [0.15, 0.2) is 24.3 Å². The molecule has 0 amide bonds. The number of carbonyl (C=O) groups is 1. The highest BCUT2D eigenvalue weighted by Crippen LogP contribution is 2.09. The summed E-state index contributed by atoms with van der Waals surface area (Å²) >= 11 is 0. The van der Waals surface area contributed by atoms with Gasteiger partial charge >= 0.3 is 5.97 Å². The molecule has 0 heterocycles. The van der Waals surface area contributed by atoms with Gasteiger partial charge in [0.15, 0.2) is 0 Å². The van der Waals surface area contributed by atoms with Crippen LogP contribution in [0.5, 0.6) is 0 Å². The SMILES string of the molecule is CCCCCCCCCC/C=C\C/C=C\CCCC(=O)O. The number of allylic oxidation sites excluding steroid dienone is 4. The fourth-order valence-electron chi connectivity index (χ4n) is 2.27. The molecule has 0 bridgehead atoms. The highest BCUT2D eigenvalue weighted by Gasteiger charge is 1.93. The average molecular weight is 294 g/mol. The highest BCUT2D eigenvalue weighted by molar-refractivity contribution is 5.66. The van der Waals surface area contributed by atoms with E-state index >= 15 is 0 Å². The van der Waals surface area contributed by atoms with Crippen LogP contribution in [0.1, 0.15) is 90.4 Å². The van der Waals surface area contributed by atoms with E-state index in [2.05, 4.69) is 31.2 Å². The van der Waals surface area contributed by atoms with Crippen molar-refractivity contribution < 1.29 is 9.90 Å². The van der Waals surface area contributed by atoms with Gasteiger partial charge < -0.3 is 5.11 Å². The Labute approximate surface area is 131 Å². The fourth-order valence-corrected chi connectivity index (χ4v) is 2.27. The van der Waals surface area contributed by atoms with Gasteiger partial charge in [-0.3, -0.25) is 4.79 Å². The van der Waals surface area contributed by atoms with Crippen molar-refractivity contribution in [3.8, 4) is 0 Å². The molecule has 0 aromatic carbocycles. The lowest BCUT2D eigenvalue weighted by Gasteiger charge is -1.99. The van der Waals surface area contributed by atoms with Crippen molar-refractivity contribution in [3.63, 3.8) is 0 Å². The summed E-state index contributed by atoms with van der Waals surface area (Å²) in [5.41, 5.74) is 0. The Bertz CT molecular complexity index is 279. The molecule has 0 spiro atoms. The van der Waals surface area contributed by atoms with Gasteiger partial charge in [-0.25, -0.2) is 0 Å². The number of aliphatic carboxylic acids is 1. The molecule has 0 aliphatic rings. The largest absolute Gasteiger partial charge is 0.481 e. The van der Waals surface area contributed by atoms with Crippen molar-refractivity contribution >= 4 is 5.97 Å². The summed E-state index contributed by atoms with van der Waals surface area (Å²) in [5.74, 6) is -0.700. The van der Waals surface area contributed by atoms with Crippen molar-refractivity contribution in [3.05, 3.63) is 24.3 Å². The first-order valence-electron chi connectivity index (χ1n) is 8.79. The third kappa shape index (κ3) is 18.9. The second-order valence-electron chi connectivity index (χ2n) is 5.73. The van der Waals surface area contributed by atoms with Gasteiger partial charge in [0.1, 0.15) is 0 Å². The summed E-state index contributed by atoms with van der Waals surface area (Å²) in [7, 11) is 0. The molecule has 0 radical (unpaired) electrons. The molecule has 21 heavy (non-hydrogen) atoms. The van der Waals surface area contributed by atoms with Crippen molar-refractivity contribution in [1.82, 2.24) is 0 Å². The predicted octanol–water partition coefficient (Wildman–Crippen LogP) is 6.27. The summed E-state index contributed by atoms with van der Waals surface area (Å²) in [6.45, 7) is 2.26. The molecule has 1 N–H and O–H groups in total. The molecule has 122 valence electrons. The molecule has 0 atom stereocenters. The smallest absolute Gasteiger partial charge is 0.303 e. The van der Waals surface area contributed by atoms with E-state index in [1.54, 1.807) is 0 Å². The number of carboxylic acids is 1. The molecule has 0 aliphatic heterocycles. The second kappa shape index (κ2) is 17.0. The lowest BCUT2D eigenvalue weighted by Crippen LogP contribution is -1.92. The minimum absolute atomic E-state index is 0.276. The highest BCUT2D eigenvalue weighted by atomic mass is 16.4. The normalized spacial score (nSPS) is 11.7. The number of rotatable bonds is 15. The van der Waals surface area contributed by atoms with Crippen LogP contribution in [0.3, 0.4) is 0 Å². The van der Waals surface area contributed by atoms with Crippen molar-refractivity contribution in [2.75, 3.05) is 0 Å². The summed E-state index contributed by atoms with van der Waals surface area (Å²) in [5, 5.41) is 8.49. The van der Waals surface area contributed by atoms with Crippen LogP contribution in [0.25, 0.3) is 0 Å². The van der Waals surface area contributed by atoms with Gasteiger partial charge in [0.05, 0.1) is 0 Å². The quantitative estimate of drug-likeness (QED) is 0.285. The molecular formula is C19H34O2. The molecule has 0 saturated heterocycles. The number of carboxylic acid groups (broad SMARTS) is 1. The van der Waals surface area contributed by atoms with Gasteiger partial charge in [0, 0.05) is 6.42 Å². The fraction of sp³-hybridized carbons (Fsp3) is 0.737. The van der Waals surface area contributed by atoms with Gasteiger partial charge in [-0.2, -0.15) is 0 Å². The van der Waals surface area contributed by atoms with Crippen LogP contribution in [-0.4, -0.2) is 11.1 Å². The Morgan fingerprint density at radius 1 is 0.762 bits per heavy atom. The maximum atomic E-state index is 10.3. The van der Waals surface area contributed by atoms with Crippen molar-refractivity contribution in [2.24, 2.45) is 0 Å². The van der Waals surface area contributed by atoms with E-state index in [1.807, 2.05) is 0 Å². The van der Waals surface area contributed by atoms with E-state index in [0.717, 1.165) is 19.3 Å². The molecule has 0 unspecified atom stereocenters. The Kier molecular flexibility index (Phi) is 16.2. The Morgan fingerprint density at radius 2 is 1.29 bits per heavy atom. The van der Waals surface area contributed by atoms with Crippen LogP contribution in [0.2, 0.25) is 0 Å². The zero-order chi connectivity index (χ0) is 15.6. The Hall–Kier alpha value is -1.05. The van der Waals surface area contributed by atoms with Crippen LogP contribution in [0, 0.1) is 0 Å². The zero-order valence-electron chi connectivity index (χ0n) is 13.9. The predicted molar refractivity (Wildman–Crippen MR) is 91.6 cm³/mol. The lowest BCUT2D eigenvalue weighted by atomic mass is 10.1. The van der Waals surface area contributed by atoms with E-state index in [4.69, 9.17) is 5.11 Å². The van der Waals surface area contributed by atoms with Gasteiger partial charge in [-0.15, -0.1) is 0 Å². The van der Waals surface area contributed by atoms with Crippen LogP contribution >= 0.6 is 0 Å². The maximum absolute atomic E-state index is 10.3.